The highest BCUT2D eigenvalue weighted by atomic mass is 35.5. The number of halogens is 1. The molecule has 0 saturated heterocycles. The summed E-state index contributed by atoms with van der Waals surface area (Å²) in [5.74, 6) is 1.64. The van der Waals surface area contributed by atoms with Crippen LogP contribution in [-0.4, -0.2) is 16.7 Å². The van der Waals surface area contributed by atoms with Gasteiger partial charge in [0.25, 0.3) is 0 Å². The molecule has 1 atom stereocenters. The van der Waals surface area contributed by atoms with Crippen molar-refractivity contribution >= 4 is 22.5 Å². The monoisotopic (exact) mass is 432 g/mol. The van der Waals surface area contributed by atoms with Crippen molar-refractivity contribution in [1.29, 1.82) is 0 Å². The Morgan fingerprint density at radius 1 is 1.16 bits per heavy atom. The maximum atomic E-state index is 6.55. The van der Waals surface area contributed by atoms with E-state index in [-0.39, 0.29) is 6.10 Å². The van der Waals surface area contributed by atoms with Crippen LogP contribution >= 0.6 is 11.6 Å². The second-order valence-electron chi connectivity index (χ2n) is 8.03. The van der Waals surface area contributed by atoms with Gasteiger partial charge in [0.1, 0.15) is 5.75 Å². The van der Waals surface area contributed by atoms with Gasteiger partial charge in [-0.05, 0) is 29.8 Å². The third-order valence-corrected chi connectivity index (χ3v) is 6.32. The molecule has 2 aromatic carbocycles. The number of rotatable bonds is 3. The number of pyridine rings is 1. The predicted molar refractivity (Wildman–Crippen MR) is 119 cm³/mol. The normalized spacial score (nSPS) is 17.4. The summed E-state index contributed by atoms with van der Waals surface area (Å²) in [6.07, 6.45) is 1.35. The third kappa shape index (κ3) is 3.10. The van der Waals surface area contributed by atoms with Gasteiger partial charge in [-0.1, -0.05) is 35.0 Å². The Balaban J connectivity index is 1.48. The van der Waals surface area contributed by atoms with Gasteiger partial charge < -0.3 is 20.3 Å². The van der Waals surface area contributed by atoms with Gasteiger partial charge in [-0.15, -0.1) is 0 Å². The van der Waals surface area contributed by atoms with Crippen molar-refractivity contribution in [3.8, 4) is 16.9 Å². The zero-order chi connectivity index (χ0) is 20.9. The molecular weight excluding hydrogens is 412 g/mol. The van der Waals surface area contributed by atoms with Crippen molar-refractivity contribution in [2.75, 3.05) is 6.54 Å². The van der Waals surface area contributed by atoms with E-state index in [2.05, 4.69) is 21.5 Å². The quantitative estimate of drug-likeness (QED) is 0.501. The number of hydrogen-bond donors (Lipinski definition) is 2. The number of nitrogens with one attached hydrogen (secondary N) is 1. The lowest BCUT2D eigenvalue weighted by atomic mass is 9.96. The van der Waals surface area contributed by atoms with Crippen LogP contribution in [0.15, 0.2) is 47.0 Å². The molecule has 2 aliphatic heterocycles. The summed E-state index contributed by atoms with van der Waals surface area (Å²) in [4.78, 5) is 4.67. The van der Waals surface area contributed by atoms with E-state index in [1.54, 1.807) is 0 Å². The summed E-state index contributed by atoms with van der Waals surface area (Å²) in [5.41, 5.74) is 12.8. The van der Waals surface area contributed by atoms with Crippen molar-refractivity contribution in [2.45, 2.75) is 32.0 Å². The minimum Gasteiger partial charge on any atom is -0.481 e. The molecule has 156 valence electrons. The Hall–Kier alpha value is -2.93. The number of para-hydroxylation sites is 1. The van der Waals surface area contributed by atoms with E-state index in [0.717, 1.165) is 75.6 Å². The van der Waals surface area contributed by atoms with Gasteiger partial charge in [0.05, 0.1) is 16.9 Å². The zero-order valence-electron chi connectivity index (χ0n) is 16.8. The summed E-state index contributed by atoms with van der Waals surface area (Å²) >= 11 is 6.55. The molecule has 7 heteroatoms. The topological polar surface area (TPSA) is 86.2 Å². The van der Waals surface area contributed by atoms with Gasteiger partial charge in [-0.2, -0.15) is 0 Å². The van der Waals surface area contributed by atoms with Crippen LogP contribution in [0.4, 0.5) is 0 Å². The highest BCUT2D eigenvalue weighted by molar-refractivity contribution is 6.31. The Kier molecular flexibility index (Phi) is 4.45. The third-order valence-electron chi connectivity index (χ3n) is 6.10. The molecule has 0 spiro atoms. The standard InChI is InChI=1S/C24H21ClN4O2/c25-14-7-13-8-22(24-19-12-27-6-5-21(19)29-31-24)30-23(13)18(9-14)17-10-15(11-26)28-20-4-2-1-3-16(17)20/h1-4,7,9-10,22,27H,5-6,8,11-12,26H2. The highest BCUT2D eigenvalue weighted by Gasteiger charge is 2.34. The fraction of sp³-hybridized carbons (Fsp3) is 0.250. The molecule has 2 aliphatic rings. The molecule has 0 saturated carbocycles. The molecule has 6 rings (SSSR count). The van der Waals surface area contributed by atoms with E-state index in [0.29, 0.717) is 18.0 Å². The summed E-state index contributed by atoms with van der Waals surface area (Å²) < 4.78 is 12.2. The van der Waals surface area contributed by atoms with Gasteiger partial charge in [-0.3, -0.25) is 4.98 Å². The van der Waals surface area contributed by atoms with Crippen molar-refractivity contribution in [1.82, 2.24) is 15.5 Å². The summed E-state index contributed by atoms with van der Waals surface area (Å²) in [6.45, 7) is 2.04. The molecule has 1 unspecified atom stereocenters. The van der Waals surface area contributed by atoms with Crippen molar-refractivity contribution in [3.05, 3.63) is 75.8 Å². The average molecular weight is 433 g/mol. The summed E-state index contributed by atoms with van der Waals surface area (Å²) in [6, 6.07) is 14.0. The van der Waals surface area contributed by atoms with Crippen LogP contribution in [0.5, 0.6) is 5.75 Å². The molecule has 4 aromatic rings. The van der Waals surface area contributed by atoms with Gasteiger partial charge in [-0.25, -0.2) is 0 Å². The van der Waals surface area contributed by atoms with Gasteiger partial charge in [0.15, 0.2) is 11.9 Å². The smallest absolute Gasteiger partial charge is 0.182 e. The molecule has 0 radical (unpaired) electrons. The average Bonchev–Trinajstić information content (AvgIpc) is 3.41. The minimum atomic E-state index is -0.217. The van der Waals surface area contributed by atoms with Crippen LogP contribution in [0, 0.1) is 0 Å². The van der Waals surface area contributed by atoms with E-state index < -0.39 is 0 Å². The number of hydrogen-bond acceptors (Lipinski definition) is 6. The molecule has 0 aliphatic carbocycles. The van der Waals surface area contributed by atoms with Crippen molar-refractivity contribution in [2.24, 2.45) is 5.73 Å². The van der Waals surface area contributed by atoms with Crippen molar-refractivity contribution in [3.63, 3.8) is 0 Å². The molecular formula is C24H21ClN4O2. The lowest BCUT2D eigenvalue weighted by molar-refractivity contribution is 0.189. The molecule has 0 amide bonds. The predicted octanol–water partition coefficient (Wildman–Crippen LogP) is 4.32. The largest absolute Gasteiger partial charge is 0.481 e. The van der Waals surface area contributed by atoms with Gasteiger partial charge in [0.2, 0.25) is 0 Å². The minimum absolute atomic E-state index is 0.217. The first-order chi connectivity index (χ1) is 15.2. The van der Waals surface area contributed by atoms with Gasteiger partial charge >= 0.3 is 0 Å². The molecule has 2 aromatic heterocycles. The number of ether oxygens (including phenoxy) is 1. The Bertz CT molecular complexity index is 1320. The Morgan fingerprint density at radius 3 is 2.97 bits per heavy atom. The van der Waals surface area contributed by atoms with Crippen LogP contribution in [-0.2, 0) is 25.9 Å². The van der Waals surface area contributed by atoms with E-state index in [1.807, 2.05) is 36.4 Å². The Morgan fingerprint density at radius 2 is 2.06 bits per heavy atom. The van der Waals surface area contributed by atoms with E-state index in [9.17, 15) is 0 Å². The van der Waals surface area contributed by atoms with Crippen LogP contribution < -0.4 is 15.8 Å². The lowest BCUT2D eigenvalue weighted by Gasteiger charge is -2.16. The molecule has 3 N–H and O–H groups in total. The molecule has 0 bridgehead atoms. The van der Waals surface area contributed by atoms with Gasteiger partial charge in [0, 0.05) is 59.6 Å². The number of nitrogens with two attached hydrogens (primary N) is 1. The zero-order valence-corrected chi connectivity index (χ0v) is 17.6. The van der Waals surface area contributed by atoms with Crippen molar-refractivity contribution < 1.29 is 9.26 Å². The number of aromatic nitrogens is 2. The molecule has 6 nitrogen and oxygen atoms in total. The maximum absolute atomic E-state index is 6.55. The highest BCUT2D eigenvalue weighted by Crippen LogP contribution is 2.47. The van der Waals surface area contributed by atoms with E-state index >= 15 is 0 Å². The molecule has 4 heterocycles. The second kappa shape index (κ2) is 7.34. The Labute approximate surface area is 184 Å². The van der Waals surface area contributed by atoms with E-state index in [4.69, 9.17) is 26.6 Å². The molecule has 0 fully saturated rings. The summed E-state index contributed by atoms with van der Waals surface area (Å²) in [7, 11) is 0. The first kappa shape index (κ1) is 18.8. The maximum Gasteiger partial charge on any atom is 0.182 e. The summed E-state index contributed by atoms with van der Waals surface area (Å²) in [5, 5.41) is 9.39. The van der Waals surface area contributed by atoms with Crippen LogP contribution in [0.25, 0.3) is 22.0 Å². The second-order valence-corrected chi connectivity index (χ2v) is 8.47. The fourth-order valence-electron chi connectivity index (χ4n) is 4.64. The van der Waals surface area contributed by atoms with Crippen LogP contribution in [0.1, 0.15) is 34.4 Å². The fourth-order valence-corrected chi connectivity index (χ4v) is 4.88. The number of nitrogens with zero attached hydrogens (tertiary/aromatic N) is 2. The number of benzene rings is 2. The first-order valence-corrected chi connectivity index (χ1v) is 10.9. The SMILES string of the molecule is NCc1cc(-c2cc(Cl)cc3c2OC(c2onc4c2CNCC4)C3)c2ccccc2n1. The lowest BCUT2D eigenvalue weighted by Crippen LogP contribution is -2.24. The van der Waals surface area contributed by atoms with E-state index in [1.165, 1.54) is 0 Å². The van der Waals surface area contributed by atoms with Crippen LogP contribution in [0.2, 0.25) is 5.02 Å². The van der Waals surface area contributed by atoms with Crippen LogP contribution in [0.3, 0.4) is 0 Å². The first-order valence-electron chi connectivity index (χ1n) is 10.5. The number of fused-ring (bicyclic) bond motifs is 3. The molecule has 31 heavy (non-hydrogen) atoms.